The van der Waals surface area contributed by atoms with Gasteiger partial charge in [-0.25, -0.2) is 8.42 Å². The highest BCUT2D eigenvalue weighted by Crippen LogP contribution is 2.65. The first-order valence-corrected chi connectivity index (χ1v) is 11.2. The minimum atomic E-state index is -4.05. The Hall–Kier alpha value is -2.87. The molecule has 1 fully saturated rings. The summed E-state index contributed by atoms with van der Waals surface area (Å²) in [4.78, 5) is 26.1. The molecular formula is C22H24O7S. The summed E-state index contributed by atoms with van der Waals surface area (Å²) in [5.41, 5.74) is -1.45. The molecule has 0 saturated heterocycles. The van der Waals surface area contributed by atoms with Crippen molar-refractivity contribution in [2.24, 2.45) is 5.41 Å². The number of hydrogen-bond acceptors (Lipinski definition) is 7. The maximum absolute atomic E-state index is 13.5. The van der Waals surface area contributed by atoms with Gasteiger partial charge in [-0.2, -0.15) is 0 Å². The lowest BCUT2D eigenvalue weighted by Crippen LogP contribution is -2.35. The Kier molecular flexibility index (Phi) is 6.17. The fourth-order valence-electron chi connectivity index (χ4n) is 3.86. The highest BCUT2D eigenvalue weighted by molar-refractivity contribution is 7.92. The Labute approximate surface area is 175 Å². The molecule has 3 rings (SSSR count). The summed E-state index contributed by atoms with van der Waals surface area (Å²) in [5.74, 6) is -2.16. The highest BCUT2D eigenvalue weighted by atomic mass is 32.2. The molecule has 1 saturated carbocycles. The van der Waals surface area contributed by atoms with Crippen LogP contribution in [0.3, 0.4) is 0 Å². The first-order chi connectivity index (χ1) is 14.3. The van der Waals surface area contributed by atoms with Crippen LogP contribution in [-0.2, 0) is 28.9 Å². The van der Waals surface area contributed by atoms with Crippen LogP contribution in [-0.4, -0.2) is 45.9 Å². The van der Waals surface area contributed by atoms with Crippen molar-refractivity contribution in [1.82, 2.24) is 0 Å². The molecule has 0 bridgehead atoms. The van der Waals surface area contributed by atoms with E-state index in [-0.39, 0.29) is 18.1 Å². The van der Waals surface area contributed by atoms with E-state index in [0.717, 1.165) is 0 Å². The molecule has 8 heteroatoms. The number of esters is 2. The first-order valence-electron chi connectivity index (χ1n) is 9.63. The van der Waals surface area contributed by atoms with Gasteiger partial charge in [0.2, 0.25) is 0 Å². The second-order valence-corrected chi connectivity index (χ2v) is 8.91. The van der Waals surface area contributed by atoms with E-state index in [9.17, 15) is 18.0 Å². The minimum absolute atomic E-state index is 0.00737. The average molecular weight is 432 g/mol. The molecule has 1 aliphatic rings. The summed E-state index contributed by atoms with van der Waals surface area (Å²) in [6.45, 7) is 3.21. The predicted molar refractivity (Wildman–Crippen MR) is 109 cm³/mol. The topological polar surface area (TPSA) is 96.0 Å². The summed E-state index contributed by atoms with van der Waals surface area (Å²) >= 11 is 0. The van der Waals surface area contributed by atoms with E-state index < -0.39 is 38.4 Å². The molecule has 0 amide bonds. The molecule has 2 atom stereocenters. The molecule has 0 heterocycles. The molecule has 2 aromatic carbocycles. The Morgan fingerprint density at radius 3 is 1.90 bits per heavy atom. The van der Waals surface area contributed by atoms with Crippen LogP contribution in [0.2, 0.25) is 0 Å². The molecular weight excluding hydrogens is 408 g/mol. The molecule has 0 aromatic heterocycles. The van der Waals surface area contributed by atoms with Crippen LogP contribution in [0.25, 0.3) is 0 Å². The monoisotopic (exact) mass is 432 g/mol. The van der Waals surface area contributed by atoms with Gasteiger partial charge in [0.25, 0.3) is 0 Å². The van der Waals surface area contributed by atoms with Crippen LogP contribution >= 0.6 is 0 Å². The number of methoxy groups -OCH3 is 1. The highest BCUT2D eigenvalue weighted by Gasteiger charge is 2.81. The Balaban J connectivity index is 2.18. The number of ether oxygens (including phenoxy) is 3. The first kappa shape index (κ1) is 21.8. The van der Waals surface area contributed by atoms with Crippen molar-refractivity contribution >= 4 is 21.8 Å². The zero-order valence-corrected chi connectivity index (χ0v) is 17.8. The van der Waals surface area contributed by atoms with Crippen LogP contribution in [0.4, 0.5) is 0 Å². The molecule has 2 aromatic rings. The van der Waals surface area contributed by atoms with Crippen LogP contribution in [0.1, 0.15) is 25.3 Å². The summed E-state index contributed by atoms with van der Waals surface area (Å²) in [6, 6.07) is 14.4. The number of hydrogen-bond donors (Lipinski definition) is 0. The van der Waals surface area contributed by atoms with Crippen molar-refractivity contribution in [2.75, 3.05) is 20.3 Å². The predicted octanol–water partition coefficient (Wildman–Crippen LogP) is 2.75. The van der Waals surface area contributed by atoms with E-state index >= 15 is 0 Å². The minimum Gasteiger partial charge on any atom is -0.497 e. The van der Waals surface area contributed by atoms with Crippen LogP contribution in [0.5, 0.6) is 5.75 Å². The fourth-order valence-corrected chi connectivity index (χ4v) is 6.17. The average Bonchev–Trinajstić information content (AvgIpc) is 3.47. The quantitative estimate of drug-likeness (QED) is 0.467. The smallest absolute Gasteiger partial charge is 0.325 e. The number of sulfone groups is 1. The van der Waals surface area contributed by atoms with E-state index in [0.29, 0.717) is 11.3 Å². The maximum Gasteiger partial charge on any atom is 0.325 e. The van der Waals surface area contributed by atoms with Crippen LogP contribution in [0.15, 0.2) is 59.5 Å². The Morgan fingerprint density at radius 1 is 0.900 bits per heavy atom. The summed E-state index contributed by atoms with van der Waals surface area (Å²) in [7, 11) is -2.54. The summed E-state index contributed by atoms with van der Waals surface area (Å²) in [6.07, 6.45) is 0. The lowest BCUT2D eigenvalue weighted by Gasteiger charge is -2.15. The third-order valence-electron chi connectivity index (χ3n) is 5.24. The second kappa shape index (κ2) is 8.47. The normalized spacial score (nSPS) is 19.6. The van der Waals surface area contributed by atoms with Gasteiger partial charge in [0.05, 0.1) is 25.2 Å². The molecule has 160 valence electrons. The molecule has 0 radical (unpaired) electrons. The van der Waals surface area contributed by atoms with E-state index in [1.54, 1.807) is 56.3 Å². The van der Waals surface area contributed by atoms with Gasteiger partial charge in [-0.1, -0.05) is 30.3 Å². The van der Waals surface area contributed by atoms with Gasteiger partial charge in [0, 0.05) is 5.92 Å². The SMILES string of the molecule is CCOC(=O)C1(C(=O)OCC)[C@H](S(=O)(=O)c2ccccc2)[C@@H]1c1ccc(OC)cc1. The molecule has 0 N–H and O–H groups in total. The fraction of sp³-hybridized carbons (Fsp3) is 0.364. The number of carbonyl (C=O) groups is 2. The van der Waals surface area contributed by atoms with E-state index in [4.69, 9.17) is 14.2 Å². The van der Waals surface area contributed by atoms with Crippen LogP contribution < -0.4 is 4.74 Å². The standard InChI is InChI=1S/C22H24O7S/c1-4-28-20(23)22(21(24)29-5-2)18(15-11-13-16(27-3)14-12-15)19(22)30(25,26)17-9-7-6-8-10-17/h6-14,18-19H,4-5H2,1-3H3/t18-,19+/m0/s1. The summed E-state index contributed by atoms with van der Waals surface area (Å²) < 4.78 is 42.5. The van der Waals surface area contributed by atoms with Crippen molar-refractivity contribution in [1.29, 1.82) is 0 Å². The van der Waals surface area contributed by atoms with Crippen molar-refractivity contribution in [2.45, 2.75) is 29.9 Å². The molecule has 30 heavy (non-hydrogen) atoms. The van der Waals surface area contributed by atoms with Crippen molar-refractivity contribution < 1.29 is 32.2 Å². The van der Waals surface area contributed by atoms with E-state index in [1.165, 1.54) is 19.2 Å². The van der Waals surface area contributed by atoms with Gasteiger partial charge >= 0.3 is 11.9 Å². The lowest BCUT2D eigenvalue weighted by molar-refractivity contribution is -0.164. The Bertz CT molecular complexity index is 995. The zero-order valence-electron chi connectivity index (χ0n) is 17.0. The zero-order chi connectivity index (χ0) is 21.9. The van der Waals surface area contributed by atoms with Crippen molar-refractivity contribution in [3.8, 4) is 5.75 Å². The third kappa shape index (κ3) is 3.45. The van der Waals surface area contributed by atoms with E-state index in [2.05, 4.69) is 0 Å². The van der Waals surface area contributed by atoms with Gasteiger partial charge < -0.3 is 14.2 Å². The molecule has 0 aliphatic heterocycles. The molecule has 7 nitrogen and oxygen atoms in total. The van der Waals surface area contributed by atoms with Gasteiger partial charge in [-0.15, -0.1) is 0 Å². The lowest BCUT2D eigenvalue weighted by atomic mass is 9.99. The van der Waals surface area contributed by atoms with E-state index in [1.807, 2.05) is 0 Å². The number of benzene rings is 2. The largest absolute Gasteiger partial charge is 0.497 e. The third-order valence-corrected chi connectivity index (χ3v) is 7.48. The number of carbonyl (C=O) groups excluding carboxylic acids is 2. The van der Waals surface area contributed by atoms with Gasteiger partial charge in [-0.05, 0) is 43.7 Å². The van der Waals surface area contributed by atoms with Gasteiger partial charge in [-0.3, -0.25) is 9.59 Å². The molecule has 0 spiro atoms. The summed E-state index contributed by atoms with van der Waals surface area (Å²) in [5, 5.41) is -1.33. The maximum atomic E-state index is 13.5. The van der Waals surface area contributed by atoms with Crippen molar-refractivity contribution in [3.05, 3.63) is 60.2 Å². The Morgan fingerprint density at radius 2 is 1.43 bits per heavy atom. The van der Waals surface area contributed by atoms with Crippen molar-refractivity contribution in [3.63, 3.8) is 0 Å². The molecule has 1 aliphatic carbocycles. The van der Waals surface area contributed by atoms with Gasteiger partial charge in [0.15, 0.2) is 15.3 Å². The molecule has 0 unspecified atom stereocenters. The number of rotatable bonds is 8. The van der Waals surface area contributed by atoms with Crippen LogP contribution in [0, 0.1) is 5.41 Å². The second-order valence-electron chi connectivity index (χ2n) is 6.84. The van der Waals surface area contributed by atoms with Gasteiger partial charge in [0.1, 0.15) is 11.0 Å².